The van der Waals surface area contributed by atoms with E-state index in [9.17, 15) is 4.79 Å². The average Bonchev–Trinajstić information content (AvgIpc) is 3.14. The number of amides is 1. The van der Waals surface area contributed by atoms with E-state index in [-0.39, 0.29) is 11.3 Å². The van der Waals surface area contributed by atoms with Crippen LogP contribution in [0.25, 0.3) is 0 Å². The zero-order valence-corrected chi connectivity index (χ0v) is 14.0. The molecule has 2 fully saturated rings. The molecule has 0 saturated carbocycles. The summed E-state index contributed by atoms with van der Waals surface area (Å²) in [5.41, 5.74) is 2.82. The molecule has 4 rings (SSSR count). The van der Waals surface area contributed by atoms with Gasteiger partial charge in [-0.2, -0.15) is 0 Å². The van der Waals surface area contributed by atoms with Gasteiger partial charge in [-0.05, 0) is 50.6 Å². The van der Waals surface area contributed by atoms with Gasteiger partial charge in [0.2, 0.25) is 5.91 Å². The van der Waals surface area contributed by atoms with Gasteiger partial charge in [-0.1, -0.05) is 6.07 Å². The quantitative estimate of drug-likeness (QED) is 0.871. The largest absolute Gasteiger partial charge is 0.310 e. The molecule has 0 radical (unpaired) electrons. The molecule has 5 heteroatoms. The number of pyridine rings is 2. The van der Waals surface area contributed by atoms with Crippen LogP contribution in [-0.4, -0.2) is 40.4 Å². The number of rotatable bonds is 3. The van der Waals surface area contributed by atoms with E-state index >= 15 is 0 Å². The summed E-state index contributed by atoms with van der Waals surface area (Å²) in [5.74, 6) is 0.259. The first-order valence-corrected chi connectivity index (χ1v) is 8.53. The molecule has 0 unspecified atom stereocenters. The average molecular weight is 322 g/mol. The van der Waals surface area contributed by atoms with Crippen molar-refractivity contribution in [1.29, 1.82) is 0 Å². The van der Waals surface area contributed by atoms with Crippen LogP contribution < -0.4 is 4.90 Å². The van der Waals surface area contributed by atoms with Crippen molar-refractivity contribution in [3.8, 4) is 0 Å². The SMILES string of the molecule is Cc1cccc(CN2CC[C@@]3(CCN(c4cccnc4)C3=O)C2)n1. The summed E-state index contributed by atoms with van der Waals surface area (Å²) in [6.07, 6.45) is 5.39. The molecule has 1 atom stereocenters. The Bertz CT molecular complexity index is 748. The van der Waals surface area contributed by atoms with Crippen LogP contribution in [0.1, 0.15) is 24.2 Å². The minimum atomic E-state index is -0.223. The molecule has 2 aromatic rings. The highest BCUT2D eigenvalue weighted by molar-refractivity contribution is 6.00. The first kappa shape index (κ1) is 15.3. The number of hydrogen-bond acceptors (Lipinski definition) is 4. The van der Waals surface area contributed by atoms with Crippen molar-refractivity contribution in [2.75, 3.05) is 24.5 Å². The van der Waals surface area contributed by atoms with Gasteiger partial charge in [-0.25, -0.2) is 0 Å². The molecule has 2 aromatic heterocycles. The van der Waals surface area contributed by atoms with Crippen LogP contribution in [0.2, 0.25) is 0 Å². The van der Waals surface area contributed by atoms with Crippen LogP contribution in [-0.2, 0) is 11.3 Å². The van der Waals surface area contributed by atoms with E-state index in [0.29, 0.717) is 0 Å². The Morgan fingerprint density at radius 3 is 2.83 bits per heavy atom. The standard InChI is InChI=1S/C19H22N4O/c1-15-4-2-5-16(21-15)13-22-10-7-19(14-22)8-11-23(18(19)24)17-6-3-9-20-12-17/h2-6,9,12H,7-8,10-11,13-14H2,1H3/t19-/m1/s1. The lowest BCUT2D eigenvalue weighted by atomic mass is 9.85. The van der Waals surface area contributed by atoms with Crippen LogP contribution in [0.3, 0.4) is 0 Å². The molecular formula is C19H22N4O. The van der Waals surface area contributed by atoms with Crippen molar-refractivity contribution in [2.24, 2.45) is 5.41 Å². The zero-order valence-electron chi connectivity index (χ0n) is 14.0. The molecule has 0 aromatic carbocycles. The minimum Gasteiger partial charge on any atom is -0.310 e. The van der Waals surface area contributed by atoms with Crippen LogP contribution in [0.4, 0.5) is 5.69 Å². The Morgan fingerprint density at radius 2 is 2.04 bits per heavy atom. The smallest absolute Gasteiger partial charge is 0.234 e. The topological polar surface area (TPSA) is 49.3 Å². The summed E-state index contributed by atoms with van der Waals surface area (Å²) in [4.78, 5) is 26.0. The van der Waals surface area contributed by atoms with Crippen LogP contribution in [0.15, 0.2) is 42.7 Å². The lowest BCUT2D eigenvalue weighted by Crippen LogP contribution is -2.37. The van der Waals surface area contributed by atoms with Crippen LogP contribution in [0.5, 0.6) is 0 Å². The van der Waals surface area contributed by atoms with E-state index < -0.39 is 0 Å². The van der Waals surface area contributed by atoms with Crippen LogP contribution >= 0.6 is 0 Å². The molecule has 124 valence electrons. The molecule has 0 aliphatic carbocycles. The molecule has 0 N–H and O–H groups in total. The summed E-state index contributed by atoms with van der Waals surface area (Å²) >= 11 is 0. The maximum atomic E-state index is 13.0. The molecule has 4 heterocycles. The van der Waals surface area contributed by atoms with Gasteiger partial charge in [-0.15, -0.1) is 0 Å². The maximum Gasteiger partial charge on any atom is 0.234 e. The summed E-state index contributed by atoms with van der Waals surface area (Å²) in [7, 11) is 0. The Morgan fingerprint density at radius 1 is 1.17 bits per heavy atom. The summed E-state index contributed by atoms with van der Waals surface area (Å²) < 4.78 is 0. The predicted octanol–water partition coefficient (Wildman–Crippen LogP) is 2.41. The second kappa shape index (κ2) is 5.98. The number of hydrogen-bond donors (Lipinski definition) is 0. The lowest BCUT2D eigenvalue weighted by Gasteiger charge is -2.23. The molecule has 1 spiro atoms. The van der Waals surface area contributed by atoms with E-state index in [2.05, 4.69) is 20.9 Å². The van der Waals surface area contributed by atoms with E-state index in [0.717, 1.165) is 56.1 Å². The Hall–Kier alpha value is -2.27. The highest BCUT2D eigenvalue weighted by Crippen LogP contribution is 2.42. The van der Waals surface area contributed by atoms with E-state index in [1.807, 2.05) is 36.1 Å². The minimum absolute atomic E-state index is 0.223. The molecule has 2 aliphatic rings. The van der Waals surface area contributed by atoms with Crippen molar-refractivity contribution < 1.29 is 4.79 Å². The number of carbonyl (C=O) groups excluding carboxylic acids is 1. The first-order valence-electron chi connectivity index (χ1n) is 8.53. The molecule has 24 heavy (non-hydrogen) atoms. The van der Waals surface area contributed by atoms with Gasteiger partial charge in [0.15, 0.2) is 0 Å². The fourth-order valence-corrected chi connectivity index (χ4v) is 3.97. The molecule has 1 amide bonds. The monoisotopic (exact) mass is 322 g/mol. The van der Waals surface area contributed by atoms with E-state index in [1.165, 1.54) is 0 Å². The van der Waals surface area contributed by atoms with Gasteiger partial charge >= 0.3 is 0 Å². The second-order valence-electron chi connectivity index (χ2n) is 6.93. The van der Waals surface area contributed by atoms with Crippen molar-refractivity contribution in [3.63, 3.8) is 0 Å². The number of nitrogens with zero attached hydrogens (tertiary/aromatic N) is 4. The van der Waals surface area contributed by atoms with Gasteiger partial charge < -0.3 is 4.90 Å². The third-order valence-corrected chi connectivity index (χ3v) is 5.23. The Labute approximate surface area is 142 Å². The first-order chi connectivity index (χ1) is 11.7. The Balaban J connectivity index is 1.47. The van der Waals surface area contributed by atoms with Gasteiger partial charge in [-0.3, -0.25) is 19.7 Å². The van der Waals surface area contributed by atoms with E-state index in [1.54, 1.807) is 12.4 Å². The van der Waals surface area contributed by atoms with Gasteiger partial charge in [0.05, 0.1) is 23.0 Å². The number of likely N-dealkylation sites (tertiary alicyclic amines) is 1. The number of carbonyl (C=O) groups is 1. The highest BCUT2D eigenvalue weighted by atomic mass is 16.2. The van der Waals surface area contributed by atoms with Crippen LogP contribution in [0, 0.1) is 12.3 Å². The Kier molecular flexibility index (Phi) is 3.81. The molecule has 5 nitrogen and oxygen atoms in total. The summed E-state index contributed by atoms with van der Waals surface area (Å²) in [6, 6.07) is 9.98. The predicted molar refractivity (Wildman–Crippen MR) is 92.5 cm³/mol. The van der Waals surface area contributed by atoms with E-state index in [4.69, 9.17) is 0 Å². The number of anilines is 1. The summed E-state index contributed by atoms with van der Waals surface area (Å²) in [5, 5.41) is 0. The van der Waals surface area contributed by atoms with Crippen molar-refractivity contribution in [2.45, 2.75) is 26.3 Å². The fourth-order valence-electron chi connectivity index (χ4n) is 3.97. The van der Waals surface area contributed by atoms with Crippen molar-refractivity contribution >= 4 is 11.6 Å². The van der Waals surface area contributed by atoms with Gasteiger partial charge in [0.25, 0.3) is 0 Å². The van der Waals surface area contributed by atoms with Crippen molar-refractivity contribution in [1.82, 2.24) is 14.9 Å². The highest BCUT2D eigenvalue weighted by Gasteiger charge is 2.50. The normalized spacial score (nSPS) is 24.2. The van der Waals surface area contributed by atoms with Gasteiger partial charge in [0.1, 0.15) is 0 Å². The number of aryl methyl sites for hydroxylation is 1. The van der Waals surface area contributed by atoms with Gasteiger partial charge in [0, 0.05) is 31.5 Å². The molecule has 2 aliphatic heterocycles. The fraction of sp³-hybridized carbons (Fsp3) is 0.421. The molecule has 2 saturated heterocycles. The maximum absolute atomic E-state index is 13.0. The third-order valence-electron chi connectivity index (χ3n) is 5.23. The number of aromatic nitrogens is 2. The lowest BCUT2D eigenvalue weighted by molar-refractivity contribution is -0.125. The second-order valence-corrected chi connectivity index (χ2v) is 6.93. The summed E-state index contributed by atoms with van der Waals surface area (Å²) in [6.45, 7) is 5.42. The molecule has 0 bridgehead atoms. The molecular weight excluding hydrogens is 300 g/mol. The third kappa shape index (κ3) is 2.69. The zero-order chi connectivity index (χ0) is 16.6. The van der Waals surface area contributed by atoms with Crippen molar-refractivity contribution in [3.05, 3.63) is 54.1 Å².